The average molecular weight is 269 g/mol. The van der Waals surface area contributed by atoms with Crippen molar-refractivity contribution in [1.82, 2.24) is 0 Å². The lowest BCUT2D eigenvalue weighted by Gasteiger charge is -2.18. The smallest absolute Gasteiger partial charge is 0.288 e. The minimum Gasteiger partial charge on any atom is -0.385 e. The molecule has 1 aliphatic carbocycles. The lowest BCUT2D eigenvalue weighted by Crippen LogP contribution is -2.15. The molecular formula is C14H17F2NS. The van der Waals surface area contributed by atoms with Crippen molar-refractivity contribution < 1.29 is 8.78 Å². The summed E-state index contributed by atoms with van der Waals surface area (Å²) in [6.07, 6.45) is 7.98. The molecule has 1 nitrogen and oxygen atoms in total. The van der Waals surface area contributed by atoms with Crippen LogP contribution in [-0.2, 0) is 0 Å². The first kappa shape index (κ1) is 13.4. The molecule has 0 fully saturated rings. The Morgan fingerprint density at radius 3 is 2.61 bits per heavy atom. The molecule has 4 heteroatoms. The number of hydrogen-bond acceptors (Lipinski definition) is 2. The van der Waals surface area contributed by atoms with Crippen molar-refractivity contribution in [2.75, 3.05) is 11.9 Å². The molecule has 0 radical (unpaired) electrons. The Kier molecular flexibility index (Phi) is 5.05. The van der Waals surface area contributed by atoms with E-state index < -0.39 is 5.76 Å². The zero-order valence-electron chi connectivity index (χ0n) is 10.1. The molecule has 0 heterocycles. The number of thioether (sulfide) groups is 1. The molecule has 2 rings (SSSR count). The van der Waals surface area contributed by atoms with Crippen LogP contribution in [0.25, 0.3) is 0 Å². The van der Waals surface area contributed by atoms with Crippen molar-refractivity contribution in [3.63, 3.8) is 0 Å². The van der Waals surface area contributed by atoms with Crippen LogP contribution in [0.15, 0.2) is 41.3 Å². The van der Waals surface area contributed by atoms with Crippen LogP contribution in [0.3, 0.4) is 0 Å². The Morgan fingerprint density at radius 2 is 2.00 bits per heavy atom. The van der Waals surface area contributed by atoms with Crippen LogP contribution in [0.4, 0.5) is 14.5 Å². The van der Waals surface area contributed by atoms with Gasteiger partial charge in [-0.25, -0.2) is 0 Å². The molecule has 0 aromatic heterocycles. The molecule has 98 valence electrons. The Hall–Kier alpha value is -1.03. The van der Waals surface area contributed by atoms with E-state index >= 15 is 0 Å². The molecule has 0 amide bonds. The summed E-state index contributed by atoms with van der Waals surface area (Å²) in [4.78, 5) is 0.608. The molecule has 1 unspecified atom stereocenters. The van der Waals surface area contributed by atoms with Gasteiger partial charge in [0.1, 0.15) is 0 Å². The third-order valence-electron chi connectivity index (χ3n) is 3.05. The first-order valence-corrected chi connectivity index (χ1v) is 7.06. The number of allylic oxidation sites excluding steroid dienone is 2. The molecule has 0 saturated carbocycles. The van der Waals surface area contributed by atoms with Gasteiger partial charge in [-0.3, -0.25) is 0 Å². The molecule has 1 N–H and O–H groups in total. The minimum absolute atomic E-state index is 0.583. The van der Waals surface area contributed by atoms with E-state index in [-0.39, 0.29) is 0 Å². The number of benzene rings is 1. The molecule has 1 atom stereocenters. The van der Waals surface area contributed by atoms with Crippen molar-refractivity contribution in [3.05, 3.63) is 36.4 Å². The fourth-order valence-corrected chi connectivity index (χ4v) is 2.56. The molecule has 1 aliphatic rings. The van der Waals surface area contributed by atoms with Crippen LogP contribution in [0.2, 0.25) is 0 Å². The summed E-state index contributed by atoms with van der Waals surface area (Å²) in [6, 6.07) is 7.20. The minimum atomic E-state index is -2.35. The fourth-order valence-electron chi connectivity index (χ4n) is 2.06. The first-order chi connectivity index (χ1) is 8.74. The van der Waals surface area contributed by atoms with E-state index in [0.717, 1.165) is 25.1 Å². The summed E-state index contributed by atoms with van der Waals surface area (Å²) in [5.41, 5.74) is 1.00. The fraction of sp³-hybridized carbons (Fsp3) is 0.429. The van der Waals surface area contributed by atoms with E-state index in [1.807, 2.05) is 12.1 Å². The van der Waals surface area contributed by atoms with Crippen LogP contribution in [-0.4, -0.2) is 12.3 Å². The highest BCUT2D eigenvalue weighted by Crippen LogP contribution is 2.26. The van der Waals surface area contributed by atoms with Gasteiger partial charge in [0.25, 0.3) is 5.76 Å². The second-order valence-electron chi connectivity index (χ2n) is 4.43. The summed E-state index contributed by atoms with van der Waals surface area (Å²) >= 11 is 0.583. The van der Waals surface area contributed by atoms with Crippen LogP contribution in [0.1, 0.15) is 19.3 Å². The van der Waals surface area contributed by atoms with E-state index in [2.05, 4.69) is 17.5 Å². The zero-order chi connectivity index (χ0) is 12.8. The summed E-state index contributed by atoms with van der Waals surface area (Å²) in [6.45, 7) is 0.950. The maximum Gasteiger partial charge on any atom is 0.288 e. The van der Waals surface area contributed by atoms with Gasteiger partial charge in [-0.15, -0.1) is 0 Å². The standard InChI is InChI=1S/C14H17F2NS/c15-14(16)18-13-8-6-12(7-9-13)17-10-11-4-2-1-3-5-11/h1-2,6-9,11,14,17H,3-5,10H2. The lowest BCUT2D eigenvalue weighted by atomic mass is 9.94. The molecule has 18 heavy (non-hydrogen) atoms. The van der Waals surface area contributed by atoms with Gasteiger partial charge < -0.3 is 5.32 Å². The quantitative estimate of drug-likeness (QED) is 0.610. The number of alkyl halides is 2. The summed E-state index contributed by atoms with van der Waals surface area (Å²) in [5, 5.41) is 3.36. The average Bonchev–Trinajstić information content (AvgIpc) is 2.38. The van der Waals surface area contributed by atoms with Crippen molar-refractivity contribution in [3.8, 4) is 0 Å². The second kappa shape index (κ2) is 6.78. The van der Waals surface area contributed by atoms with Gasteiger partial charge in [0, 0.05) is 17.1 Å². The van der Waals surface area contributed by atoms with Gasteiger partial charge in [0.15, 0.2) is 0 Å². The highest BCUT2D eigenvalue weighted by atomic mass is 32.2. The van der Waals surface area contributed by atoms with E-state index in [1.165, 1.54) is 6.42 Å². The van der Waals surface area contributed by atoms with E-state index in [1.54, 1.807) is 12.1 Å². The highest BCUT2D eigenvalue weighted by molar-refractivity contribution is 7.99. The van der Waals surface area contributed by atoms with E-state index in [9.17, 15) is 8.78 Å². The normalized spacial score (nSPS) is 19.2. The molecular weight excluding hydrogens is 252 g/mol. The third kappa shape index (κ3) is 4.33. The van der Waals surface area contributed by atoms with Crippen molar-refractivity contribution >= 4 is 17.4 Å². The lowest BCUT2D eigenvalue weighted by molar-refractivity contribution is 0.252. The molecule has 0 spiro atoms. The number of anilines is 1. The predicted octanol–water partition coefficient (Wildman–Crippen LogP) is 4.77. The van der Waals surface area contributed by atoms with Gasteiger partial charge >= 0.3 is 0 Å². The molecule has 1 aromatic carbocycles. The SMILES string of the molecule is FC(F)Sc1ccc(NCC2CC=CCC2)cc1. The zero-order valence-corrected chi connectivity index (χ0v) is 10.9. The Morgan fingerprint density at radius 1 is 1.22 bits per heavy atom. The highest BCUT2D eigenvalue weighted by Gasteiger charge is 2.09. The van der Waals surface area contributed by atoms with Gasteiger partial charge in [0.2, 0.25) is 0 Å². The third-order valence-corrected chi connectivity index (χ3v) is 3.77. The summed E-state index contributed by atoms with van der Waals surface area (Å²) in [7, 11) is 0. The molecule has 0 bridgehead atoms. The van der Waals surface area contributed by atoms with E-state index in [4.69, 9.17) is 0 Å². The van der Waals surface area contributed by atoms with Gasteiger partial charge in [-0.1, -0.05) is 23.9 Å². The monoisotopic (exact) mass is 269 g/mol. The van der Waals surface area contributed by atoms with Gasteiger partial charge in [0.05, 0.1) is 0 Å². The van der Waals surface area contributed by atoms with Crippen LogP contribution in [0.5, 0.6) is 0 Å². The summed E-state index contributed by atoms with van der Waals surface area (Å²) < 4.78 is 24.3. The second-order valence-corrected chi connectivity index (χ2v) is 5.50. The first-order valence-electron chi connectivity index (χ1n) is 6.18. The topological polar surface area (TPSA) is 12.0 Å². The Labute approximate surface area is 111 Å². The number of nitrogens with one attached hydrogen (secondary N) is 1. The largest absolute Gasteiger partial charge is 0.385 e. The molecule has 1 aromatic rings. The number of rotatable bonds is 5. The predicted molar refractivity (Wildman–Crippen MR) is 73.3 cm³/mol. The maximum absolute atomic E-state index is 12.2. The van der Waals surface area contributed by atoms with Crippen LogP contribution < -0.4 is 5.32 Å². The molecule has 0 aliphatic heterocycles. The van der Waals surface area contributed by atoms with Crippen LogP contribution in [0, 0.1) is 5.92 Å². The Bertz CT molecular complexity index is 389. The maximum atomic E-state index is 12.2. The van der Waals surface area contributed by atoms with Gasteiger partial charge in [-0.2, -0.15) is 8.78 Å². The van der Waals surface area contributed by atoms with Crippen LogP contribution >= 0.6 is 11.8 Å². The molecule has 0 saturated heterocycles. The van der Waals surface area contributed by atoms with Crippen molar-refractivity contribution in [1.29, 1.82) is 0 Å². The van der Waals surface area contributed by atoms with E-state index in [0.29, 0.717) is 22.6 Å². The van der Waals surface area contributed by atoms with Crippen molar-refractivity contribution in [2.24, 2.45) is 5.92 Å². The Balaban J connectivity index is 1.80. The summed E-state index contributed by atoms with van der Waals surface area (Å²) in [5.74, 6) is -1.66. The van der Waals surface area contributed by atoms with Crippen molar-refractivity contribution in [2.45, 2.75) is 29.9 Å². The number of hydrogen-bond donors (Lipinski definition) is 1. The van der Waals surface area contributed by atoms with Gasteiger partial charge in [-0.05, 0) is 49.4 Å². The number of halogens is 2.